The Kier molecular flexibility index (Phi) is 3.98. The number of rotatable bonds is 3. The van der Waals surface area contributed by atoms with E-state index >= 15 is 0 Å². The quantitative estimate of drug-likeness (QED) is 0.463. The fourth-order valence-corrected chi connectivity index (χ4v) is 2.50. The molecule has 0 spiro atoms. The SMILES string of the molecule is C[C@H]1CCCCN1Cc1c(C(=O)NN)cnn1C. The Labute approximate surface area is 107 Å². The third-order valence-corrected chi connectivity index (χ3v) is 3.73. The van der Waals surface area contributed by atoms with E-state index in [1.807, 2.05) is 7.05 Å². The number of nitrogens with two attached hydrogens (primary N) is 1. The number of hydrogen-bond donors (Lipinski definition) is 2. The highest BCUT2D eigenvalue weighted by Crippen LogP contribution is 2.20. The second-order valence-corrected chi connectivity index (χ2v) is 4.92. The first-order chi connectivity index (χ1) is 8.63. The summed E-state index contributed by atoms with van der Waals surface area (Å²) in [5.41, 5.74) is 3.66. The number of nitrogens with one attached hydrogen (secondary N) is 1. The number of likely N-dealkylation sites (tertiary alicyclic amines) is 1. The minimum Gasteiger partial charge on any atom is -0.295 e. The van der Waals surface area contributed by atoms with Crippen LogP contribution in [-0.2, 0) is 13.6 Å². The lowest BCUT2D eigenvalue weighted by molar-refractivity contribution is 0.0948. The number of hydrazine groups is 1. The maximum Gasteiger partial charge on any atom is 0.268 e. The number of aromatic nitrogens is 2. The largest absolute Gasteiger partial charge is 0.295 e. The Morgan fingerprint density at radius 2 is 2.39 bits per heavy atom. The normalized spacial score (nSPS) is 20.9. The van der Waals surface area contributed by atoms with Gasteiger partial charge >= 0.3 is 0 Å². The van der Waals surface area contributed by atoms with Crippen molar-refractivity contribution in [1.82, 2.24) is 20.1 Å². The molecule has 100 valence electrons. The average molecular weight is 251 g/mol. The summed E-state index contributed by atoms with van der Waals surface area (Å²) in [6.07, 6.45) is 5.31. The van der Waals surface area contributed by atoms with Crippen molar-refractivity contribution in [2.75, 3.05) is 6.54 Å². The molecule has 6 heteroatoms. The van der Waals surface area contributed by atoms with Crippen molar-refractivity contribution in [3.05, 3.63) is 17.5 Å². The molecule has 1 amide bonds. The zero-order valence-corrected chi connectivity index (χ0v) is 11.0. The minimum atomic E-state index is -0.275. The summed E-state index contributed by atoms with van der Waals surface area (Å²) in [6.45, 7) is 4.06. The lowest BCUT2D eigenvalue weighted by Gasteiger charge is -2.33. The van der Waals surface area contributed by atoms with Crippen molar-refractivity contribution in [3.8, 4) is 0 Å². The molecule has 1 aliphatic heterocycles. The number of amides is 1. The topological polar surface area (TPSA) is 76.2 Å². The minimum absolute atomic E-state index is 0.275. The summed E-state index contributed by atoms with van der Waals surface area (Å²) in [5, 5.41) is 4.15. The first-order valence-electron chi connectivity index (χ1n) is 6.39. The number of aryl methyl sites for hydroxylation is 1. The molecule has 1 aromatic rings. The van der Waals surface area contributed by atoms with E-state index in [9.17, 15) is 4.79 Å². The lowest BCUT2D eigenvalue weighted by atomic mass is 10.0. The van der Waals surface area contributed by atoms with E-state index in [1.165, 1.54) is 19.3 Å². The van der Waals surface area contributed by atoms with Gasteiger partial charge in [-0.15, -0.1) is 0 Å². The van der Waals surface area contributed by atoms with E-state index in [4.69, 9.17) is 5.84 Å². The van der Waals surface area contributed by atoms with Gasteiger partial charge in [0, 0.05) is 19.6 Å². The molecular weight excluding hydrogens is 230 g/mol. The van der Waals surface area contributed by atoms with Crippen molar-refractivity contribution in [2.45, 2.75) is 38.8 Å². The molecule has 1 fully saturated rings. The number of hydrogen-bond acceptors (Lipinski definition) is 4. The number of nitrogen functional groups attached to an aromatic ring is 1. The van der Waals surface area contributed by atoms with Gasteiger partial charge in [-0.3, -0.25) is 19.8 Å². The highest BCUT2D eigenvalue weighted by Gasteiger charge is 2.22. The third kappa shape index (κ3) is 2.54. The van der Waals surface area contributed by atoms with Gasteiger partial charge in [0.2, 0.25) is 0 Å². The number of carbonyl (C=O) groups is 1. The maximum atomic E-state index is 11.7. The first-order valence-corrected chi connectivity index (χ1v) is 6.39. The van der Waals surface area contributed by atoms with Crippen molar-refractivity contribution in [1.29, 1.82) is 0 Å². The Balaban J connectivity index is 2.17. The van der Waals surface area contributed by atoms with Gasteiger partial charge in [-0.1, -0.05) is 6.42 Å². The summed E-state index contributed by atoms with van der Waals surface area (Å²) in [4.78, 5) is 14.1. The number of nitrogens with zero attached hydrogens (tertiary/aromatic N) is 3. The van der Waals surface area contributed by atoms with Crippen LogP contribution < -0.4 is 11.3 Å². The summed E-state index contributed by atoms with van der Waals surface area (Å²) in [6, 6.07) is 0.558. The predicted molar refractivity (Wildman–Crippen MR) is 68.6 cm³/mol. The number of piperidine rings is 1. The molecule has 0 unspecified atom stereocenters. The van der Waals surface area contributed by atoms with Gasteiger partial charge in [0.05, 0.1) is 17.5 Å². The van der Waals surface area contributed by atoms with Crippen LogP contribution in [0.25, 0.3) is 0 Å². The van der Waals surface area contributed by atoms with E-state index in [1.54, 1.807) is 10.9 Å². The van der Waals surface area contributed by atoms with Gasteiger partial charge < -0.3 is 0 Å². The van der Waals surface area contributed by atoms with Crippen LogP contribution >= 0.6 is 0 Å². The van der Waals surface area contributed by atoms with Gasteiger partial charge in [-0.2, -0.15) is 5.10 Å². The molecule has 0 bridgehead atoms. The molecule has 1 aromatic heterocycles. The molecule has 18 heavy (non-hydrogen) atoms. The molecule has 3 N–H and O–H groups in total. The summed E-state index contributed by atoms with van der Waals surface area (Å²) in [5.74, 6) is 4.92. The molecule has 2 heterocycles. The molecular formula is C12H21N5O. The molecule has 0 aliphatic carbocycles. The van der Waals surface area contributed by atoms with Crippen LogP contribution in [0.15, 0.2) is 6.20 Å². The fraction of sp³-hybridized carbons (Fsp3) is 0.667. The highest BCUT2D eigenvalue weighted by atomic mass is 16.2. The van der Waals surface area contributed by atoms with Crippen LogP contribution in [0.2, 0.25) is 0 Å². The fourth-order valence-electron chi connectivity index (χ4n) is 2.50. The molecule has 2 rings (SSSR count). The zero-order chi connectivity index (χ0) is 13.1. The van der Waals surface area contributed by atoms with E-state index < -0.39 is 0 Å². The maximum absolute atomic E-state index is 11.7. The molecule has 0 aromatic carbocycles. The van der Waals surface area contributed by atoms with Crippen molar-refractivity contribution >= 4 is 5.91 Å². The Morgan fingerprint density at radius 3 is 3.06 bits per heavy atom. The Bertz CT molecular complexity index is 428. The smallest absolute Gasteiger partial charge is 0.268 e. The Morgan fingerprint density at radius 1 is 1.61 bits per heavy atom. The van der Waals surface area contributed by atoms with Crippen LogP contribution in [0.1, 0.15) is 42.2 Å². The first kappa shape index (κ1) is 13.0. The van der Waals surface area contributed by atoms with E-state index in [2.05, 4.69) is 22.3 Å². The van der Waals surface area contributed by atoms with Crippen LogP contribution in [0.5, 0.6) is 0 Å². The van der Waals surface area contributed by atoms with E-state index in [-0.39, 0.29) is 5.91 Å². The zero-order valence-electron chi connectivity index (χ0n) is 11.0. The van der Waals surface area contributed by atoms with Crippen LogP contribution in [0, 0.1) is 0 Å². The summed E-state index contributed by atoms with van der Waals surface area (Å²) in [7, 11) is 1.86. The van der Waals surface area contributed by atoms with E-state index in [0.29, 0.717) is 11.6 Å². The van der Waals surface area contributed by atoms with Gasteiger partial charge in [-0.25, -0.2) is 5.84 Å². The van der Waals surface area contributed by atoms with Crippen LogP contribution in [-0.4, -0.2) is 33.2 Å². The van der Waals surface area contributed by atoms with Crippen LogP contribution in [0.4, 0.5) is 0 Å². The monoisotopic (exact) mass is 251 g/mol. The molecule has 1 aliphatic rings. The lowest BCUT2D eigenvalue weighted by Crippen LogP contribution is -2.38. The van der Waals surface area contributed by atoms with Gasteiger partial charge in [0.25, 0.3) is 5.91 Å². The predicted octanol–water partition coefficient (Wildman–Crippen LogP) is 0.398. The average Bonchev–Trinajstić information content (AvgIpc) is 2.73. The molecule has 1 saturated heterocycles. The summed E-state index contributed by atoms with van der Waals surface area (Å²) >= 11 is 0. The van der Waals surface area contributed by atoms with Crippen molar-refractivity contribution < 1.29 is 4.79 Å². The molecule has 0 radical (unpaired) electrons. The molecule has 6 nitrogen and oxygen atoms in total. The van der Waals surface area contributed by atoms with E-state index in [0.717, 1.165) is 18.8 Å². The van der Waals surface area contributed by atoms with Gasteiger partial charge in [0.15, 0.2) is 0 Å². The van der Waals surface area contributed by atoms with Gasteiger partial charge in [0.1, 0.15) is 0 Å². The van der Waals surface area contributed by atoms with Gasteiger partial charge in [-0.05, 0) is 26.3 Å². The van der Waals surface area contributed by atoms with Crippen LogP contribution in [0.3, 0.4) is 0 Å². The van der Waals surface area contributed by atoms with Crippen molar-refractivity contribution in [2.24, 2.45) is 12.9 Å². The Hall–Kier alpha value is -1.40. The number of carbonyl (C=O) groups excluding carboxylic acids is 1. The second-order valence-electron chi connectivity index (χ2n) is 4.92. The standard InChI is InChI=1S/C12H21N5O/c1-9-5-3-4-6-17(9)8-11-10(12(18)15-13)7-14-16(11)2/h7,9H,3-6,8,13H2,1-2H3,(H,15,18)/t9-/m0/s1. The third-order valence-electron chi connectivity index (χ3n) is 3.73. The van der Waals surface area contributed by atoms with Crippen molar-refractivity contribution in [3.63, 3.8) is 0 Å². The highest BCUT2D eigenvalue weighted by molar-refractivity contribution is 5.94. The molecule has 0 saturated carbocycles. The summed E-state index contributed by atoms with van der Waals surface area (Å²) < 4.78 is 1.76. The molecule has 1 atom stereocenters. The second kappa shape index (κ2) is 5.49.